The van der Waals surface area contributed by atoms with E-state index in [2.05, 4.69) is 485 Å². The Kier molecular flexibility index (Phi) is 20.8. The summed E-state index contributed by atoms with van der Waals surface area (Å²) in [6.45, 7) is 55.9. The Morgan fingerprint density at radius 2 is 0.435 bits per heavy atom. The lowest BCUT2D eigenvalue weighted by Gasteiger charge is -2.27. The van der Waals surface area contributed by atoms with Gasteiger partial charge in [0, 0.05) is 98.6 Å². The lowest BCUT2D eigenvalue weighted by atomic mass is 9.80. The fraction of sp³-hybridized carbons (Fsp3) is 0.246. The molecule has 0 N–H and O–H groups in total. The topological polar surface area (TPSA) is 77.2 Å². The maximum atomic E-state index is 10.5. The zero-order valence-electron chi connectivity index (χ0n) is 84.6. The van der Waals surface area contributed by atoms with Gasteiger partial charge in [0.25, 0.3) is 0 Å². The molecule has 6 aromatic heterocycles. The van der Waals surface area contributed by atoms with Gasteiger partial charge < -0.3 is 27.4 Å². The number of hydrogen-bond donors (Lipinski definition) is 0. The molecule has 8 nitrogen and oxygen atoms in total. The van der Waals surface area contributed by atoms with Crippen LogP contribution in [-0.4, -0.2) is 27.4 Å². The normalized spacial score (nSPS) is 12.9. The number of aromatic nitrogens is 6. The van der Waals surface area contributed by atoms with Gasteiger partial charge >= 0.3 is 0 Å². The highest BCUT2D eigenvalue weighted by atomic mass is 15.1. The molecule has 138 heavy (non-hydrogen) atoms. The predicted molar refractivity (Wildman–Crippen MR) is 589 cm³/mol. The van der Waals surface area contributed by atoms with E-state index in [1.165, 1.54) is 165 Å². The first-order valence-corrected chi connectivity index (χ1v) is 49.1. The Morgan fingerprint density at radius 1 is 0.181 bits per heavy atom. The molecular formula is C130H124N8. The Bertz CT molecular complexity index is 8760. The average Bonchev–Trinajstić information content (AvgIpc) is 1.52. The van der Waals surface area contributed by atoms with Gasteiger partial charge in [-0.05, 0) is 238 Å². The van der Waals surface area contributed by atoms with Crippen molar-refractivity contribution in [2.24, 2.45) is 0 Å². The molecule has 0 saturated heterocycles. The van der Waals surface area contributed by atoms with Gasteiger partial charge in [0.1, 0.15) is 0 Å². The van der Waals surface area contributed by atoms with Crippen molar-refractivity contribution in [2.75, 3.05) is 0 Å². The first kappa shape index (κ1) is 89.8. The van der Waals surface area contributed by atoms with Crippen LogP contribution >= 0.6 is 0 Å². The zero-order chi connectivity index (χ0) is 97.1. The van der Waals surface area contributed by atoms with Gasteiger partial charge in [-0.15, -0.1) is 0 Å². The number of benzene rings is 16. The molecule has 22 aromatic rings. The van der Waals surface area contributed by atoms with Gasteiger partial charge in [-0.3, -0.25) is 0 Å². The van der Waals surface area contributed by atoms with E-state index in [9.17, 15) is 10.5 Å². The Morgan fingerprint density at radius 3 is 0.725 bits per heavy atom. The number of nitrogens with zero attached hydrogens (tertiary/aromatic N) is 8. The maximum absolute atomic E-state index is 10.5. The molecule has 0 unspecified atom stereocenters. The predicted octanol–water partition coefficient (Wildman–Crippen LogP) is 35.4. The van der Waals surface area contributed by atoms with Gasteiger partial charge in [-0.2, -0.15) is 10.5 Å². The van der Waals surface area contributed by atoms with E-state index in [1.807, 2.05) is 36.4 Å². The van der Waals surface area contributed by atoms with Crippen LogP contribution in [0.1, 0.15) is 222 Å². The fourth-order valence-corrected chi connectivity index (χ4v) is 21.5. The van der Waals surface area contributed by atoms with Crippen LogP contribution in [0.5, 0.6) is 0 Å². The van der Waals surface area contributed by atoms with Crippen molar-refractivity contribution in [3.63, 3.8) is 0 Å². The van der Waals surface area contributed by atoms with Gasteiger partial charge in [0.15, 0.2) is 0 Å². The molecule has 0 atom stereocenters. The molecular weight excluding hydrogens is 1670 g/mol. The highest BCUT2D eigenvalue weighted by Crippen LogP contribution is 2.53. The molecule has 0 aliphatic heterocycles. The molecule has 6 heterocycles. The van der Waals surface area contributed by atoms with Crippen LogP contribution in [0.3, 0.4) is 0 Å². The highest BCUT2D eigenvalue weighted by Gasteiger charge is 2.34. The fourth-order valence-electron chi connectivity index (χ4n) is 21.5. The second-order valence-electron chi connectivity index (χ2n) is 47.0. The molecule has 0 aliphatic rings. The van der Waals surface area contributed by atoms with Crippen molar-refractivity contribution < 1.29 is 0 Å². The summed E-state index contributed by atoms with van der Waals surface area (Å²) < 4.78 is 15.1. The smallest absolute Gasteiger partial charge is 0.0992 e. The van der Waals surface area contributed by atoms with Crippen LogP contribution < -0.4 is 0 Å². The Labute approximate surface area is 812 Å². The summed E-state index contributed by atoms with van der Waals surface area (Å²) in [5.41, 5.74) is 36.1. The second kappa shape index (κ2) is 32.0. The minimum Gasteiger partial charge on any atom is -0.309 e. The van der Waals surface area contributed by atoms with Gasteiger partial charge in [0.2, 0.25) is 0 Å². The lowest BCUT2D eigenvalue weighted by Crippen LogP contribution is -2.17. The molecule has 0 amide bonds. The summed E-state index contributed by atoms with van der Waals surface area (Å²) in [5, 5.41) is 35.2. The van der Waals surface area contributed by atoms with Crippen LogP contribution in [0.2, 0.25) is 0 Å². The van der Waals surface area contributed by atoms with Crippen LogP contribution in [0.15, 0.2) is 315 Å². The first-order valence-electron chi connectivity index (χ1n) is 49.1. The standard InChI is InChI=1S/2C65H62N4/c1-62(2,3)42-33-43(63(4,5)6)36-46(35-42)67-53-24-18-16-22-50(53)58-56(67)30-27-48-49-28-31-57-59(61(49)68(60(48)58)47-37-44(64(7,8)9)34-45(38-47)65(10,11)12)51-23-17-19-25-54(51)69(57)55-29-26-40(39-66)32-52(55)41-20-14-13-15-21-41;1-62(2,3)43-33-44(63(4,5)6)36-48(35-43)68-55-25-19-17-23-53(55)59-57(68)29-27-51-50-26-28-56-58(60(50)69(61(51)59)49-37-45(64(7,8)9)34-46(38-49)65(10,11)12)52-22-16-18-24-54(52)67(56)47-31-40(39-66)30-42(32-47)41-20-14-13-15-21-41/h2*13-38H,1-12H3. The van der Waals surface area contributed by atoms with E-state index >= 15 is 0 Å². The van der Waals surface area contributed by atoms with E-state index in [0.29, 0.717) is 11.1 Å². The van der Waals surface area contributed by atoms with Crippen LogP contribution in [0, 0.1) is 22.7 Å². The van der Waals surface area contributed by atoms with Crippen molar-refractivity contribution >= 4 is 131 Å². The lowest BCUT2D eigenvalue weighted by molar-refractivity contribution is 0.567. The van der Waals surface area contributed by atoms with Crippen molar-refractivity contribution in [3.8, 4) is 68.5 Å². The van der Waals surface area contributed by atoms with Crippen LogP contribution in [-0.2, 0) is 43.3 Å². The number of hydrogen-bond acceptors (Lipinski definition) is 2. The number of fused-ring (bicyclic) bond motifs is 22. The molecule has 0 bridgehead atoms. The van der Waals surface area contributed by atoms with E-state index in [1.54, 1.807) is 0 Å². The summed E-state index contributed by atoms with van der Waals surface area (Å²) >= 11 is 0. The molecule has 0 radical (unpaired) electrons. The summed E-state index contributed by atoms with van der Waals surface area (Å²) in [6, 6.07) is 122. The summed E-state index contributed by atoms with van der Waals surface area (Å²) in [4.78, 5) is 0. The Hall–Kier alpha value is -14.7. The number of rotatable bonds is 8. The molecule has 16 aromatic carbocycles. The van der Waals surface area contributed by atoms with Crippen molar-refractivity contribution in [1.29, 1.82) is 10.5 Å². The third-order valence-corrected chi connectivity index (χ3v) is 29.2. The maximum Gasteiger partial charge on any atom is 0.0992 e. The van der Waals surface area contributed by atoms with E-state index in [-0.39, 0.29) is 43.3 Å². The van der Waals surface area contributed by atoms with Gasteiger partial charge in [-0.1, -0.05) is 348 Å². The number of nitriles is 2. The molecule has 0 aliphatic carbocycles. The quantitative estimate of drug-likeness (QED) is 0.152. The van der Waals surface area contributed by atoms with Gasteiger partial charge in [-0.25, -0.2) is 0 Å². The van der Waals surface area contributed by atoms with Crippen molar-refractivity contribution in [3.05, 3.63) is 371 Å². The summed E-state index contributed by atoms with van der Waals surface area (Å²) in [6.07, 6.45) is 0. The molecule has 0 fully saturated rings. The molecule has 0 saturated carbocycles. The first-order chi connectivity index (χ1) is 65.4. The van der Waals surface area contributed by atoms with Crippen LogP contribution in [0.4, 0.5) is 0 Å². The summed E-state index contributed by atoms with van der Waals surface area (Å²) in [7, 11) is 0. The third-order valence-electron chi connectivity index (χ3n) is 29.2. The SMILES string of the molecule is CC(C)(C)c1cc(-n2c3ccccc3c3c2ccc2c4ccc5c(c6ccccc6n5-c5cc(C#N)cc(-c6ccccc6)c5)c4n(-c4cc(C(C)(C)C)cc(C(C)(C)C)c4)c23)cc(C(C)(C)C)c1.CC(C)(C)c1cc(-n2c3ccccc3c3c2ccc2c4ccc5c(c6ccccc6n5-c5ccc(C#N)cc5-c5ccccc5)c4n(-c4cc(C(C)(C)C)cc(C(C)(C)C)c4)c23)cc(C(C)(C)C)c1. The molecule has 8 heteroatoms. The second-order valence-corrected chi connectivity index (χ2v) is 47.0. The summed E-state index contributed by atoms with van der Waals surface area (Å²) in [5.74, 6) is 0. The third kappa shape index (κ3) is 15.0. The highest BCUT2D eigenvalue weighted by molar-refractivity contribution is 6.34. The monoisotopic (exact) mass is 1800 g/mol. The van der Waals surface area contributed by atoms with Gasteiger partial charge in [0.05, 0.1) is 95.2 Å². The largest absolute Gasteiger partial charge is 0.309 e. The van der Waals surface area contributed by atoms with E-state index in [0.717, 1.165) is 67.1 Å². The van der Waals surface area contributed by atoms with Crippen LogP contribution in [0.25, 0.3) is 187 Å². The zero-order valence-corrected chi connectivity index (χ0v) is 84.6. The number of para-hydroxylation sites is 4. The Balaban J connectivity index is 0.000000164. The van der Waals surface area contributed by atoms with E-state index < -0.39 is 0 Å². The van der Waals surface area contributed by atoms with Crippen molar-refractivity contribution in [2.45, 2.75) is 209 Å². The molecule has 22 rings (SSSR count). The van der Waals surface area contributed by atoms with E-state index in [4.69, 9.17) is 0 Å². The molecule has 684 valence electrons. The minimum absolute atomic E-state index is 0.0402. The molecule has 0 spiro atoms. The average molecular weight is 1800 g/mol. The van der Waals surface area contributed by atoms with Crippen molar-refractivity contribution in [1.82, 2.24) is 27.4 Å². The minimum atomic E-state index is -0.101.